The maximum absolute atomic E-state index is 11.2. The van der Waals surface area contributed by atoms with Crippen LogP contribution in [0.1, 0.15) is 27.2 Å². The van der Waals surface area contributed by atoms with Crippen molar-refractivity contribution in [3.05, 3.63) is 12.2 Å². The summed E-state index contributed by atoms with van der Waals surface area (Å²) in [6, 6.07) is 0. The highest BCUT2D eigenvalue weighted by atomic mass is 16.3. The smallest absolute Gasteiger partial charge is 0.161 e. The molecule has 2 heteroatoms. The van der Waals surface area contributed by atoms with Crippen LogP contribution >= 0.6 is 0 Å². The largest absolute Gasteiger partial charge is 0.386 e. The molecule has 1 atom stereocenters. The van der Waals surface area contributed by atoms with Gasteiger partial charge in [-0.2, -0.15) is 0 Å². The van der Waals surface area contributed by atoms with Crippen LogP contribution in [0, 0.1) is 5.41 Å². The lowest BCUT2D eigenvalue weighted by Gasteiger charge is -2.33. The molecule has 1 aliphatic carbocycles. The first-order valence-corrected chi connectivity index (χ1v) is 3.80. The van der Waals surface area contributed by atoms with Gasteiger partial charge in [-0.1, -0.05) is 13.8 Å². The Kier molecular flexibility index (Phi) is 1.67. The number of carbonyl (C=O) groups excluding carboxylic acids is 1. The zero-order chi connectivity index (χ0) is 8.70. The van der Waals surface area contributed by atoms with Crippen LogP contribution in [0.3, 0.4) is 0 Å². The topological polar surface area (TPSA) is 37.3 Å². The highest BCUT2D eigenvalue weighted by Crippen LogP contribution is 2.33. The number of hydrogen-bond acceptors (Lipinski definition) is 2. The third kappa shape index (κ3) is 1.69. The first kappa shape index (κ1) is 8.47. The van der Waals surface area contributed by atoms with E-state index in [0.717, 1.165) is 0 Å². The van der Waals surface area contributed by atoms with Crippen LogP contribution in [-0.4, -0.2) is 16.5 Å². The van der Waals surface area contributed by atoms with Gasteiger partial charge >= 0.3 is 0 Å². The predicted molar refractivity (Wildman–Crippen MR) is 43.2 cm³/mol. The summed E-state index contributed by atoms with van der Waals surface area (Å²) >= 11 is 0. The Morgan fingerprint density at radius 1 is 1.45 bits per heavy atom. The molecular formula is C9H14O2. The van der Waals surface area contributed by atoms with E-state index in [1.807, 2.05) is 13.8 Å². The van der Waals surface area contributed by atoms with E-state index in [1.165, 1.54) is 6.08 Å². The first-order valence-electron chi connectivity index (χ1n) is 3.80. The average molecular weight is 154 g/mol. The van der Waals surface area contributed by atoms with E-state index in [2.05, 4.69) is 0 Å². The van der Waals surface area contributed by atoms with Crippen molar-refractivity contribution in [3.8, 4) is 0 Å². The molecule has 62 valence electrons. The zero-order valence-corrected chi connectivity index (χ0v) is 7.22. The van der Waals surface area contributed by atoms with Crippen LogP contribution in [0.4, 0.5) is 0 Å². The molecule has 0 fully saturated rings. The molecule has 1 aliphatic rings. The molecule has 1 N–H and O–H groups in total. The third-order valence-corrected chi connectivity index (χ3v) is 2.06. The first-order chi connectivity index (χ1) is 4.83. The summed E-state index contributed by atoms with van der Waals surface area (Å²) in [4.78, 5) is 11.2. The van der Waals surface area contributed by atoms with Crippen LogP contribution in [0.25, 0.3) is 0 Å². The molecule has 0 radical (unpaired) electrons. The van der Waals surface area contributed by atoms with Gasteiger partial charge in [0.1, 0.15) is 0 Å². The van der Waals surface area contributed by atoms with Gasteiger partial charge in [-0.15, -0.1) is 0 Å². The molecule has 0 saturated carbocycles. The van der Waals surface area contributed by atoms with E-state index in [1.54, 1.807) is 13.0 Å². The van der Waals surface area contributed by atoms with Gasteiger partial charge in [0.25, 0.3) is 0 Å². The highest BCUT2D eigenvalue weighted by Gasteiger charge is 2.36. The molecule has 0 bridgehead atoms. The molecule has 0 heterocycles. The van der Waals surface area contributed by atoms with Gasteiger partial charge in [0.2, 0.25) is 0 Å². The van der Waals surface area contributed by atoms with Gasteiger partial charge < -0.3 is 5.11 Å². The van der Waals surface area contributed by atoms with E-state index in [0.29, 0.717) is 6.42 Å². The lowest BCUT2D eigenvalue weighted by atomic mass is 9.74. The summed E-state index contributed by atoms with van der Waals surface area (Å²) in [6.07, 6.45) is 3.55. The van der Waals surface area contributed by atoms with Gasteiger partial charge in [0.05, 0.1) is 5.60 Å². The van der Waals surface area contributed by atoms with Crippen molar-refractivity contribution in [2.24, 2.45) is 5.41 Å². The summed E-state index contributed by atoms with van der Waals surface area (Å²) in [7, 11) is 0. The number of allylic oxidation sites excluding steroid dienone is 1. The Bertz CT molecular complexity index is 212. The maximum atomic E-state index is 11.2. The number of ketones is 1. The summed E-state index contributed by atoms with van der Waals surface area (Å²) < 4.78 is 0. The lowest BCUT2D eigenvalue weighted by Crippen LogP contribution is -2.38. The molecule has 11 heavy (non-hydrogen) atoms. The molecule has 0 amide bonds. The Hall–Kier alpha value is -0.630. The molecular weight excluding hydrogens is 140 g/mol. The van der Waals surface area contributed by atoms with Gasteiger partial charge in [-0.3, -0.25) is 4.79 Å². The fourth-order valence-corrected chi connectivity index (χ4v) is 1.52. The van der Waals surface area contributed by atoms with E-state index in [9.17, 15) is 9.90 Å². The zero-order valence-electron chi connectivity index (χ0n) is 7.22. The van der Waals surface area contributed by atoms with Crippen molar-refractivity contribution in [3.63, 3.8) is 0 Å². The molecule has 0 saturated heterocycles. The number of carbonyl (C=O) groups is 1. The van der Waals surface area contributed by atoms with Crippen molar-refractivity contribution in [2.75, 3.05) is 0 Å². The lowest BCUT2D eigenvalue weighted by molar-refractivity contribution is -0.126. The molecule has 0 aliphatic heterocycles. The van der Waals surface area contributed by atoms with Crippen LogP contribution < -0.4 is 0 Å². The normalized spacial score (nSPS) is 35.8. The van der Waals surface area contributed by atoms with Gasteiger partial charge in [0.15, 0.2) is 5.78 Å². The molecule has 0 spiro atoms. The van der Waals surface area contributed by atoms with Crippen molar-refractivity contribution in [2.45, 2.75) is 32.8 Å². The van der Waals surface area contributed by atoms with Crippen molar-refractivity contribution < 1.29 is 9.90 Å². The summed E-state index contributed by atoms with van der Waals surface area (Å²) in [5.74, 6) is 0.101. The fraction of sp³-hybridized carbons (Fsp3) is 0.667. The fourth-order valence-electron chi connectivity index (χ4n) is 1.52. The van der Waals surface area contributed by atoms with Crippen LogP contribution in [0.15, 0.2) is 12.2 Å². The second-order valence-electron chi connectivity index (χ2n) is 4.12. The average Bonchev–Trinajstić information content (AvgIpc) is 1.77. The minimum Gasteiger partial charge on any atom is -0.386 e. The monoisotopic (exact) mass is 154 g/mol. The molecule has 0 aromatic rings. The van der Waals surface area contributed by atoms with E-state index >= 15 is 0 Å². The summed E-state index contributed by atoms with van der Waals surface area (Å²) in [5.41, 5.74) is -1.21. The minimum atomic E-state index is -0.808. The van der Waals surface area contributed by atoms with Crippen LogP contribution in [0.5, 0.6) is 0 Å². The van der Waals surface area contributed by atoms with Crippen molar-refractivity contribution >= 4 is 5.78 Å². The second kappa shape index (κ2) is 2.18. The molecule has 0 aromatic carbocycles. The van der Waals surface area contributed by atoms with E-state index in [4.69, 9.17) is 0 Å². The standard InChI is InChI=1S/C9H14O2/c1-8(2)6-9(3,11)5-4-7(8)10/h4-5,11H,6H2,1-3H3/t9-/m1/s1. The van der Waals surface area contributed by atoms with Gasteiger partial charge in [0, 0.05) is 5.41 Å². The second-order valence-corrected chi connectivity index (χ2v) is 4.12. The van der Waals surface area contributed by atoms with Crippen LogP contribution in [-0.2, 0) is 4.79 Å². The number of aliphatic hydroxyl groups is 1. The Balaban J connectivity index is 2.94. The third-order valence-electron chi connectivity index (χ3n) is 2.06. The minimum absolute atomic E-state index is 0.101. The SMILES string of the molecule is CC1(C)C[C@](C)(O)C=CC1=O. The van der Waals surface area contributed by atoms with Gasteiger partial charge in [-0.25, -0.2) is 0 Å². The predicted octanol–water partition coefficient (Wildman–Crippen LogP) is 1.29. The Morgan fingerprint density at radius 2 is 2.00 bits per heavy atom. The Morgan fingerprint density at radius 3 is 2.36 bits per heavy atom. The molecule has 2 nitrogen and oxygen atoms in total. The Labute approximate surface area is 66.9 Å². The van der Waals surface area contributed by atoms with E-state index < -0.39 is 11.0 Å². The van der Waals surface area contributed by atoms with Crippen molar-refractivity contribution in [1.82, 2.24) is 0 Å². The summed E-state index contributed by atoms with van der Waals surface area (Å²) in [6.45, 7) is 5.43. The van der Waals surface area contributed by atoms with Crippen LogP contribution in [0.2, 0.25) is 0 Å². The summed E-state index contributed by atoms with van der Waals surface area (Å²) in [5, 5.41) is 9.59. The van der Waals surface area contributed by atoms with Gasteiger partial charge in [-0.05, 0) is 25.5 Å². The highest BCUT2D eigenvalue weighted by molar-refractivity contribution is 5.95. The quantitative estimate of drug-likeness (QED) is 0.571. The molecule has 1 rings (SSSR count). The maximum Gasteiger partial charge on any atom is 0.161 e. The number of hydrogen-bond donors (Lipinski definition) is 1. The van der Waals surface area contributed by atoms with E-state index in [-0.39, 0.29) is 5.78 Å². The van der Waals surface area contributed by atoms with Crippen molar-refractivity contribution in [1.29, 1.82) is 0 Å². The molecule has 0 aromatic heterocycles. The number of rotatable bonds is 0. The molecule has 0 unspecified atom stereocenters.